The van der Waals surface area contributed by atoms with E-state index in [0.29, 0.717) is 21.7 Å². The monoisotopic (exact) mass is 231 g/mol. The van der Waals surface area contributed by atoms with Crippen LogP contribution in [0.4, 0.5) is 5.69 Å². The zero-order chi connectivity index (χ0) is 10.7. The molecule has 0 aromatic heterocycles. The first-order valence-corrected chi connectivity index (χ1v) is 4.73. The van der Waals surface area contributed by atoms with Crippen LogP contribution in [0.1, 0.15) is 0 Å². The molecule has 0 heterocycles. The summed E-state index contributed by atoms with van der Waals surface area (Å²) in [7, 11) is 3.59. The molecule has 2 N–H and O–H groups in total. The van der Waals surface area contributed by atoms with Crippen molar-refractivity contribution in [3.8, 4) is 0 Å². The molecule has 14 heavy (non-hydrogen) atoms. The fourth-order valence-electron chi connectivity index (χ4n) is 0.810. The van der Waals surface area contributed by atoms with Crippen LogP contribution in [0.2, 0.25) is 10.0 Å². The smallest absolute Gasteiger partial charge is 0.196 e. The maximum atomic E-state index is 5.91. The first-order valence-electron chi connectivity index (χ1n) is 3.98. The quantitative estimate of drug-likeness (QED) is 0.597. The van der Waals surface area contributed by atoms with E-state index in [2.05, 4.69) is 4.99 Å². The molecule has 0 fully saturated rings. The molecule has 1 aromatic carbocycles. The summed E-state index contributed by atoms with van der Waals surface area (Å²) in [6.07, 6.45) is 0. The van der Waals surface area contributed by atoms with E-state index >= 15 is 0 Å². The second-order valence-corrected chi connectivity index (χ2v) is 3.75. The summed E-state index contributed by atoms with van der Waals surface area (Å²) in [6.45, 7) is 0. The molecule has 0 radical (unpaired) electrons. The van der Waals surface area contributed by atoms with Crippen molar-refractivity contribution in [2.45, 2.75) is 0 Å². The topological polar surface area (TPSA) is 41.6 Å². The third-order valence-electron chi connectivity index (χ3n) is 1.62. The van der Waals surface area contributed by atoms with Crippen LogP contribution < -0.4 is 5.73 Å². The van der Waals surface area contributed by atoms with Gasteiger partial charge in [0.25, 0.3) is 0 Å². The molecule has 0 aliphatic heterocycles. The molecule has 1 rings (SSSR count). The van der Waals surface area contributed by atoms with Crippen LogP contribution in [0.25, 0.3) is 0 Å². The van der Waals surface area contributed by atoms with Gasteiger partial charge >= 0.3 is 0 Å². The average molecular weight is 232 g/mol. The lowest BCUT2D eigenvalue weighted by Crippen LogP contribution is -2.29. The summed E-state index contributed by atoms with van der Waals surface area (Å²) in [4.78, 5) is 5.79. The molecule has 0 spiro atoms. The maximum Gasteiger partial charge on any atom is 0.196 e. The van der Waals surface area contributed by atoms with Gasteiger partial charge in [0.15, 0.2) is 5.96 Å². The van der Waals surface area contributed by atoms with E-state index < -0.39 is 0 Å². The molecule has 0 atom stereocenters. The SMILES string of the molecule is CN(C)C(N)=Nc1c(Cl)cccc1Cl. The fraction of sp³-hybridized carbons (Fsp3) is 0.222. The van der Waals surface area contributed by atoms with Crippen LogP contribution >= 0.6 is 23.2 Å². The van der Waals surface area contributed by atoms with Crippen LogP contribution in [-0.4, -0.2) is 25.0 Å². The minimum absolute atomic E-state index is 0.361. The number of benzene rings is 1. The maximum absolute atomic E-state index is 5.91. The van der Waals surface area contributed by atoms with E-state index in [1.54, 1.807) is 37.2 Å². The highest BCUT2D eigenvalue weighted by Crippen LogP contribution is 2.32. The van der Waals surface area contributed by atoms with Crippen LogP contribution in [0, 0.1) is 0 Å². The van der Waals surface area contributed by atoms with E-state index in [1.165, 1.54) is 0 Å². The van der Waals surface area contributed by atoms with E-state index in [-0.39, 0.29) is 0 Å². The summed E-state index contributed by atoms with van der Waals surface area (Å²) in [5.74, 6) is 0.361. The number of nitrogens with zero attached hydrogens (tertiary/aromatic N) is 2. The Kier molecular flexibility index (Phi) is 3.61. The van der Waals surface area contributed by atoms with E-state index in [4.69, 9.17) is 28.9 Å². The van der Waals surface area contributed by atoms with Crippen molar-refractivity contribution in [3.63, 3.8) is 0 Å². The third kappa shape index (κ3) is 2.53. The Morgan fingerprint density at radius 2 is 1.79 bits per heavy atom. The van der Waals surface area contributed by atoms with E-state index in [1.807, 2.05) is 0 Å². The second-order valence-electron chi connectivity index (χ2n) is 2.93. The van der Waals surface area contributed by atoms with Crippen molar-refractivity contribution in [2.24, 2.45) is 10.7 Å². The Balaban J connectivity index is 3.14. The van der Waals surface area contributed by atoms with Gasteiger partial charge in [-0.1, -0.05) is 29.3 Å². The van der Waals surface area contributed by atoms with Gasteiger partial charge in [0.2, 0.25) is 0 Å². The number of hydrogen-bond donors (Lipinski definition) is 1. The van der Waals surface area contributed by atoms with Gasteiger partial charge in [-0.15, -0.1) is 0 Å². The zero-order valence-electron chi connectivity index (χ0n) is 7.96. The molecular weight excluding hydrogens is 221 g/mol. The highest BCUT2D eigenvalue weighted by Gasteiger charge is 2.05. The highest BCUT2D eigenvalue weighted by atomic mass is 35.5. The Morgan fingerprint density at radius 3 is 2.21 bits per heavy atom. The molecular formula is C9H11Cl2N3. The molecule has 0 saturated heterocycles. The normalized spacial score (nSPS) is 11.6. The average Bonchev–Trinajstić information content (AvgIpc) is 2.11. The zero-order valence-corrected chi connectivity index (χ0v) is 9.47. The summed E-state index contributed by atoms with van der Waals surface area (Å²) in [5, 5.41) is 0.976. The number of nitrogens with two attached hydrogens (primary N) is 1. The highest BCUT2D eigenvalue weighted by molar-refractivity contribution is 6.38. The largest absolute Gasteiger partial charge is 0.370 e. The van der Waals surface area contributed by atoms with E-state index in [0.717, 1.165) is 0 Å². The fourth-order valence-corrected chi connectivity index (χ4v) is 1.29. The molecule has 0 unspecified atom stereocenters. The minimum atomic E-state index is 0.361. The van der Waals surface area contributed by atoms with Gasteiger partial charge in [-0.2, -0.15) is 0 Å². The summed E-state index contributed by atoms with van der Waals surface area (Å²) >= 11 is 11.8. The summed E-state index contributed by atoms with van der Waals surface area (Å²) in [6, 6.07) is 5.19. The molecule has 0 bridgehead atoms. The van der Waals surface area contributed by atoms with Gasteiger partial charge in [-0.25, -0.2) is 4.99 Å². The lowest BCUT2D eigenvalue weighted by atomic mass is 10.3. The predicted octanol–water partition coefficient (Wildman–Crippen LogP) is 2.50. The van der Waals surface area contributed by atoms with E-state index in [9.17, 15) is 0 Å². The molecule has 76 valence electrons. The third-order valence-corrected chi connectivity index (χ3v) is 2.23. The van der Waals surface area contributed by atoms with Crippen molar-refractivity contribution >= 4 is 34.8 Å². The molecule has 3 nitrogen and oxygen atoms in total. The molecule has 0 saturated carbocycles. The molecule has 0 amide bonds. The van der Waals surface area contributed by atoms with Crippen molar-refractivity contribution in [2.75, 3.05) is 14.1 Å². The summed E-state index contributed by atoms with van der Waals surface area (Å²) < 4.78 is 0. The Bertz CT molecular complexity index is 341. The van der Waals surface area contributed by atoms with Crippen molar-refractivity contribution in [3.05, 3.63) is 28.2 Å². The molecule has 0 aliphatic rings. The number of hydrogen-bond acceptors (Lipinski definition) is 1. The van der Waals surface area contributed by atoms with Crippen LogP contribution in [0.15, 0.2) is 23.2 Å². The first kappa shape index (κ1) is 11.1. The molecule has 1 aromatic rings. The lowest BCUT2D eigenvalue weighted by Gasteiger charge is -2.11. The number of rotatable bonds is 1. The summed E-state index contributed by atoms with van der Waals surface area (Å²) in [5.41, 5.74) is 6.15. The van der Waals surface area contributed by atoms with Gasteiger partial charge in [-0.3, -0.25) is 0 Å². The van der Waals surface area contributed by atoms with Crippen LogP contribution in [0.5, 0.6) is 0 Å². The van der Waals surface area contributed by atoms with Gasteiger partial charge in [0, 0.05) is 14.1 Å². The second kappa shape index (κ2) is 4.53. The van der Waals surface area contributed by atoms with Gasteiger partial charge in [-0.05, 0) is 12.1 Å². The Morgan fingerprint density at radius 1 is 1.29 bits per heavy atom. The number of aliphatic imine (C=N–C) groups is 1. The minimum Gasteiger partial charge on any atom is -0.370 e. The molecule has 5 heteroatoms. The van der Waals surface area contributed by atoms with Crippen molar-refractivity contribution in [1.82, 2.24) is 4.90 Å². The number of para-hydroxylation sites is 1. The van der Waals surface area contributed by atoms with Crippen LogP contribution in [-0.2, 0) is 0 Å². The van der Waals surface area contributed by atoms with Gasteiger partial charge in [0.05, 0.1) is 10.0 Å². The number of guanidine groups is 1. The first-order chi connectivity index (χ1) is 6.52. The van der Waals surface area contributed by atoms with Gasteiger partial charge < -0.3 is 10.6 Å². The predicted molar refractivity (Wildman–Crippen MR) is 61.4 cm³/mol. The standard InChI is InChI=1S/C9H11Cl2N3/c1-14(2)9(12)13-8-6(10)4-3-5-7(8)11/h3-5H,1-2H3,(H2,12,13). The van der Waals surface area contributed by atoms with Crippen molar-refractivity contribution in [1.29, 1.82) is 0 Å². The van der Waals surface area contributed by atoms with Crippen molar-refractivity contribution < 1.29 is 0 Å². The van der Waals surface area contributed by atoms with Gasteiger partial charge in [0.1, 0.15) is 5.69 Å². The number of halogens is 2. The Labute approximate surface area is 93.1 Å². The molecule has 0 aliphatic carbocycles. The lowest BCUT2D eigenvalue weighted by molar-refractivity contribution is 0.615. The van der Waals surface area contributed by atoms with Crippen LogP contribution in [0.3, 0.4) is 0 Å². The Hall–Kier alpha value is -0.930.